The molecule has 0 aromatic carbocycles. The second-order valence-electron chi connectivity index (χ2n) is 2.99. The van der Waals surface area contributed by atoms with E-state index < -0.39 is 7.92 Å². The van der Waals surface area contributed by atoms with Gasteiger partial charge in [0.2, 0.25) is 0 Å². The van der Waals surface area contributed by atoms with E-state index >= 15 is 0 Å². The van der Waals surface area contributed by atoms with Crippen LogP contribution in [0.5, 0.6) is 0 Å². The van der Waals surface area contributed by atoms with Crippen molar-refractivity contribution < 1.29 is 10.2 Å². The lowest BCUT2D eigenvalue weighted by Gasteiger charge is -2.27. The van der Waals surface area contributed by atoms with Crippen LogP contribution in [0.4, 0.5) is 0 Å². The molecule has 0 amide bonds. The second kappa shape index (κ2) is 3.50. The van der Waals surface area contributed by atoms with Crippen LogP contribution in [0.2, 0.25) is 0 Å². The molecule has 0 saturated heterocycles. The van der Waals surface area contributed by atoms with Crippen LogP contribution >= 0.6 is 7.92 Å². The first-order chi connectivity index (χ1) is 4.02. The van der Waals surface area contributed by atoms with Gasteiger partial charge in [0.25, 0.3) is 0 Å². The molecule has 0 unspecified atom stereocenters. The van der Waals surface area contributed by atoms with Crippen molar-refractivity contribution in [2.45, 2.75) is 25.9 Å². The van der Waals surface area contributed by atoms with Crippen molar-refractivity contribution in [2.24, 2.45) is 0 Å². The maximum Gasteiger partial charge on any atom is 0.0651 e. The zero-order chi connectivity index (χ0) is 7.49. The van der Waals surface area contributed by atoms with Gasteiger partial charge >= 0.3 is 0 Å². The fourth-order valence-electron chi connectivity index (χ4n) is 0.469. The van der Waals surface area contributed by atoms with Gasteiger partial charge in [-0.15, -0.1) is 0 Å². The first-order valence-electron chi connectivity index (χ1n) is 2.99. The monoisotopic (exact) mass is 150 g/mol. The van der Waals surface area contributed by atoms with Gasteiger partial charge in [0, 0.05) is 0 Å². The molecule has 0 aliphatic rings. The Kier molecular flexibility index (Phi) is 3.64. The maximum absolute atomic E-state index is 8.73. The Morgan fingerprint density at radius 2 is 1.44 bits per heavy atom. The van der Waals surface area contributed by atoms with Crippen molar-refractivity contribution >= 4 is 7.92 Å². The molecule has 0 radical (unpaired) electrons. The number of hydrogen-bond donors (Lipinski definition) is 2. The summed E-state index contributed by atoms with van der Waals surface area (Å²) < 4.78 is 0. The van der Waals surface area contributed by atoms with E-state index in [0.717, 1.165) is 0 Å². The third kappa shape index (κ3) is 3.14. The Morgan fingerprint density at radius 3 is 1.44 bits per heavy atom. The van der Waals surface area contributed by atoms with E-state index in [4.69, 9.17) is 10.2 Å². The van der Waals surface area contributed by atoms with Gasteiger partial charge in [0.1, 0.15) is 0 Å². The van der Waals surface area contributed by atoms with Gasteiger partial charge in [0.05, 0.1) is 12.7 Å². The molecule has 0 spiro atoms. The van der Waals surface area contributed by atoms with Crippen molar-refractivity contribution in [3.05, 3.63) is 0 Å². The Balaban J connectivity index is 3.79. The van der Waals surface area contributed by atoms with Crippen LogP contribution in [-0.4, -0.2) is 28.1 Å². The van der Waals surface area contributed by atoms with Crippen LogP contribution in [0.3, 0.4) is 0 Å². The molecule has 0 saturated carbocycles. The van der Waals surface area contributed by atoms with E-state index in [2.05, 4.69) is 0 Å². The van der Waals surface area contributed by atoms with Crippen LogP contribution in [0, 0.1) is 0 Å². The van der Waals surface area contributed by atoms with Crippen molar-refractivity contribution in [3.8, 4) is 0 Å². The van der Waals surface area contributed by atoms with Crippen molar-refractivity contribution in [3.63, 3.8) is 0 Å². The van der Waals surface area contributed by atoms with Gasteiger partial charge < -0.3 is 10.2 Å². The van der Waals surface area contributed by atoms with Crippen molar-refractivity contribution in [1.29, 1.82) is 0 Å². The molecule has 0 fully saturated rings. The quantitative estimate of drug-likeness (QED) is 0.580. The molecule has 0 aromatic rings. The molecule has 9 heavy (non-hydrogen) atoms. The normalized spacial score (nSPS) is 12.7. The fourth-order valence-corrected chi connectivity index (χ4v) is 1.41. The van der Waals surface area contributed by atoms with Gasteiger partial charge in [-0.05, 0) is 13.1 Å². The molecule has 2 N–H and O–H groups in total. The van der Waals surface area contributed by atoms with Gasteiger partial charge in [-0.1, -0.05) is 20.8 Å². The van der Waals surface area contributed by atoms with Crippen LogP contribution in [0.15, 0.2) is 0 Å². The summed E-state index contributed by atoms with van der Waals surface area (Å²) >= 11 is 0. The highest BCUT2D eigenvalue weighted by Crippen LogP contribution is 2.46. The van der Waals surface area contributed by atoms with Crippen molar-refractivity contribution in [1.82, 2.24) is 0 Å². The Hall–Kier alpha value is 0.350. The molecule has 0 bridgehead atoms. The highest BCUT2D eigenvalue weighted by atomic mass is 31.1. The molecule has 0 atom stereocenters. The molecular formula is C6H15O2P. The average Bonchev–Trinajstić information content (AvgIpc) is 1.65. The number of rotatable bonds is 2. The van der Waals surface area contributed by atoms with Gasteiger partial charge in [-0.2, -0.15) is 0 Å². The van der Waals surface area contributed by atoms with Crippen LogP contribution in [0.25, 0.3) is 0 Å². The standard InChI is InChI=1S/C6H15O2P/c1-6(2,3)9(4-7)5-8/h7-8H,4-5H2,1-3H3. The molecule has 0 heterocycles. The van der Waals surface area contributed by atoms with Gasteiger partial charge in [-0.3, -0.25) is 0 Å². The SMILES string of the molecule is CC(C)(C)P(CO)CO. The van der Waals surface area contributed by atoms with Gasteiger partial charge in [-0.25, -0.2) is 0 Å². The Labute approximate surface area is 57.7 Å². The predicted molar refractivity (Wildman–Crippen MR) is 40.8 cm³/mol. The first-order valence-corrected chi connectivity index (χ1v) is 4.70. The summed E-state index contributed by atoms with van der Waals surface area (Å²) in [6, 6.07) is 0. The third-order valence-electron chi connectivity index (χ3n) is 1.29. The molecule has 0 aliphatic heterocycles. The molecule has 0 aromatic heterocycles. The molecule has 2 nitrogen and oxygen atoms in total. The lowest BCUT2D eigenvalue weighted by atomic mass is 10.3. The molecule has 56 valence electrons. The molecule has 0 aliphatic carbocycles. The smallest absolute Gasteiger partial charge is 0.0651 e. The Bertz CT molecular complexity index is 73.6. The summed E-state index contributed by atoms with van der Waals surface area (Å²) in [5.74, 6) is 0. The fraction of sp³-hybridized carbons (Fsp3) is 1.00. The number of hydrogen-bond acceptors (Lipinski definition) is 2. The lowest BCUT2D eigenvalue weighted by Crippen LogP contribution is -2.15. The van der Waals surface area contributed by atoms with E-state index in [-0.39, 0.29) is 17.9 Å². The number of aliphatic hydroxyl groups excluding tert-OH is 2. The lowest BCUT2D eigenvalue weighted by molar-refractivity contribution is 0.338. The van der Waals surface area contributed by atoms with E-state index in [1.54, 1.807) is 0 Å². The zero-order valence-corrected chi connectivity index (χ0v) is 7.15. The molecule has 0 rings (SSSR count). The Morgan fingerprint density at radius 1 is 1.11 bits per heavy atom. The second-order valence-corrected chi connectivity index (χ2v) is 5.98. The first kappa shape index (κ1) is 9.35. The average molecular weight is 150 g/mol. The summed E-state index contributed by atoms with van der Waals surface area (Å²) in [6.07, 6.45) is 0.269. The van der Waals surface area contributed by atoms with Gasteiger partial charge in [0.15, 0.2) is 0 Å². The molecule has 3 heteroatoms. The van der Waals surface area contributed by atoms with E-state index in [9.17, 15) is 0 Å². The highest BCUT2D eigenvalue weighted by Gasteiger charge is 2.21. The zero-order valence-electron chi connectivity index (χ0n) is 6.26. The van der Waals surface area contributed by atoms with E-state index in [1.165, 1.54) is 0 Å². The minimum atomic E-state index is -0.586. The van der Waals surface area contributed by atoms with Crippen LogP contribution in [0.1, 0.15) is 20.8 Å². The summed E-state index contributed by atoms with van der Waals surface area (Å²) in [5.41, 5.74) is 0. The van der Waals surface area contributed by atoms with Crippen molar-refractivity contribution in [2.75, 3.05) is 12.7 Å². The third-order valence-corrected chi connectivity index (χ3v) is 3.87. The highest BCUT2D eigenvalue weighted by molar-refractivity contribution is 7.58. The summed E-state index contributed by atoms with van der Waals surface area (Å²) in [6.45, 7) is 6.10. The minimum Gasteiger partial charge on any atom is -0.392 e. The maximum atomic E-state index is 8.73. The van der Waals surface area contributed by atoms with Crippen LogP contribution in [-0.2, 0) is 0 Å². The summed E-state index contributed by atoms with van der Waals surface area (Å²) in [7, 11) is -0.586. The largest absolute Gasteiger partial charge is 0.392 e. The number of aliphatic hydroxyl groups is 2. The minimum absolute atomic E-state index is 0.0822. The van der Waals surface area contributed by atoms with E-state index in [0.29, 0.717) is 0 Å². The van der Waals surface area contributed by atoms with Crippen LogP contribution < -0.4 is 0 Å². The summed E-state index contributed by atoms with van der Waals surface area (Å²) in [5, 5.41) is 17.5. The van der Waals surface area contributed by atoms with E-state index in [1.807, 2.05) is 20.8 Å². The molecular weight excluding hydrogens is 135 g/mol. The summed E-state index contributed by atoms with van der Waals surface area (Å²) in [4.78, 5) is 0. The predicted octanol–water partition coefficient (Wildman–Crippen LogP) is 1.17. The topological polar surface area (TPSA) is 40.5 Å².